The number of hydrogen-bond donors (Lipinski definition) is 0. The van der Waals surface area contributed by atoms with Crippen molar-refractivity contribution in [2.24, 2.45) is 0 Å². The molecule has 0 aromatic rings. The molecule has 0 amide bonds. The smallest absolute Gasteiger partial charge is 0.310 e. The van der Waals surface area contributed by atoms with Gasteiger partial charge in [0.05, 0.1) is 6.42 Å². The van der Waals surface area contributed by atoms with Crippen LogP contribution in [0, 0.1) is 0 Å². The van der Waals surface area contributed by atoms with Crippen LogP contribution in [-0.2, 0) is 28.6 Å². The van der Waals surface area contributed by atoms with E-state index in [1.807, 2.05) is 6.08 Å². The molecule has 0 aliphatic rings. The van der Waals surface area contributed by atoms with Crippen LogP contribution in [0.3, 0.4) is 0 Å². The number of carbonyl (C=O) groups excluding carboxylic acids is 3. The van der Waals surface area contributed by atoms with E-state index in [-0.39, 0.29) is 31.6 Å². The Kier molecular flexibility index (Phi) is 46.0. The van der Waals surface area contributed by atoms with E-state index < -0.39 is 12.1 Å². The van der Waals surface area contributed by atoms with Crippen LogP contribution in [-0.4, -0.2) is 37.2 Å². The molecule has 6 heteroatoms. The second-order valence-corrected chi connectivity index (χ2v) is 16.4. The Labute approximate surface area is 370 Å². The van der Waals surface area contributed by atoms with Crippen molar-refractivity contribution in [2.75, 3.05) is 13.2 Å². The van der Waals surface area contributed by atoms with Crippen molar-refractivity contribution in [3.8, 4) is 0 Å². The molecule has 344 valence electrons. The van der Waals surface area contributed by atoms with Crippen LogP contribution < -0.4 is 0 Å². The van der Waals surface area contributed by atoms with Gasteiger partial charge in [-0.3, -0.25) is 14.4 Å². The molecular formula is C54H92O6. The fraction of sp³-hybridized carbons (Fsp3) is 0.722. The molecule has 1 unspecified atom stereocenters. The fourth-order valence-corrected chi connectivity index (χ4v) is 6.75. The van der Waals surface area contributed by atoms with Gasteiger partial charge < -0.3 is 14.2 Å². The van der Waals surface area contributed by atoms with Gasteiger partial charge in [0.25, 0.3) is 0 Å². The van der Waals surface area contributed by atoms with Crippen LogP contribution in [0.1, 0.15) is 233 Å². The molecule has 0 saturated carbocycles. The highest BCUT2D eigenvalue weighted by atomic mass is 16.6. The summed E-state index contributed by atoms with van der Waals surface area (Å²) in [4.78, 5) is 37.8. The van der Waals surface area contributed by atoms with E-state index in [1.165, 1.54) is 109 Å². The molecule has 0 aliphatic carbocycles. The van der Waals surface area contributed by atoms with E-state index >= 15 is 0 Å². The zero-order valence-electron chi connectivity index (χ0n) is 39.2. The van der Waals surface area contributed by atoms with E-state index in [0.29, 0.717) is 12.8 Å². The summed E-state index contributed by atoms with van der Waals surface area (Å²) in [7, 11) is 0. The minimum atomic E-state index is -0.829. The van der Waals surface area contributed by atoms with Crippen LogP contribution in [0.15, 0.2) is 72.9 Å². The molecule has 60 heavy (non-hydrogen) atoms. The largest absolute Gasteiger partial charge is 0.462 e. The summed E-state index contributed by atoms with van der Waals surface area (Å²) >= 11 is 0. The molecule has 0 fully saturated rings. The second-order valence-electron chi connectivity index (χ2n) is 16.4. The average Bonchev–Trinajstić information content (AvgIpc) is 3.24. The molecule has 1 atom stereocenters. The predicted octanol–water partition coefficient (Wildman–Crippen LogP) is 16.3. The summed E-state index contributed by atoms with van der Waals surface area (Å²) in [5.41, 5.74) is 0. The third-order valence-corrected chi connectivity index (χ3v) is 10.5. The highest BCUT2D eigenvalue weighted by molar-refractivity contribution is 5.72. The SMILES string of the molecule is CC/C=C\C/C=C\C/C=C\C/C=C\C/C=C\CC(=O)OC(COC(=O)CCCCCCC/C=C\CCCCCCCCC)COC(=O)CCCCCCCCCCCCC. The standard InChI is InChI=1S/C54H92O6/c1-4-7-10-13-16-19-22-24-26-28-29-32-35-38-41-44-47-53(56)59-50-51(49-58-52(55)46-43-40-37-34-31-21-18-15-12-9-6-3)60-54(57)48-45-42-39-36-33-30-27-25-23-20-17-14-11-8-5-2/h8,11,17,20,25-28,33,36,42,45,51H,4-7,9-10,12-16,18-19,21-24,29-32,34-35,37-41,43-44,46-50H2,1-3H3/b11-8-,20-17-,27-25-,28-26-,36-33-,45-42-. The van der Waals surface area contributed by atoms with Crippen molar-refractivity contribution in [1.82, 2.24) is 0 Å². The maximum absolute atomic E-state index is 12.7. The van der Waals surface area contributed by atoms with E-state index in [1.54, 1.807) is 6.08 Å². The third-order valence-electron chi connectivity index (χ3n) is 10.5. The van der Waals surface area contributed by atoms with Gasteiger partial charge in [-0.2, -0.15) is 0 Å². The van der Waals surface area contributed by atoms with Crippen molar-refractivity contribution in [1.29, 1.82) is 0 Å². The molecule has 0 bridgehead atoms. The minimum absolute atomic E-state index is 0.0969. The Morgan fingerprint density at radius 3 is 1.08 bits per heavy atom. The van der Waals surface area contributed by atoms with Gasteiger partial charge in [-0.25, -0.2) is 0 Å². The first-order valence-electron chi connectivity index (χ1n) is 24.9. The summed E-state index contributed by atoms with van der Waals surface area (Å²) in [6.45, 7) is 6.42. The topological polar surface area (TPSA) is 78.9 Å². The van der Waals surface area contributed by atoms with Gasteiger partial charge in [-0.15, -0.1) is 0 Å². The molecule has 0 saturated heterocycles. The molecule has 0 heterocycles. The quantitative estimate of drug-likeness (QED) is 0.0263. The van der Waals surface area contributed by atoms with Crippen molar-refractivity contribution >= 4 is 17.9 Å². The van der Waals surface area contributed by atoms with E-state index in [4.69, 9.17) is 14.2 Å². The summed E-state index contributed by atoms with van der Waals surface area (Å²) < 4.78 is 16.6. The van der Waals surface area contributed by atoms with Crippen molar-refractivity contribution in [2.45, 2.75) is 239 Å². The van der Waals surface area contributed by atoms with Gasteiger partial charge in [0.2, 0.25) is 0 Å². The fourth-order valence-electron chi connectivity index (χ4n) is 6.75. The molecule has 0 rings (SSSR count). The number of allylic oxidation sites excluding steroid dienone is 11. The molecule has 0 spiro atoms. The number of hydrogen-bond acceptors (Lipinski definition) is 6. The molecule has 0 aliphatic heterocycles. The van der Waals surface area contributed by atoms with Crippen LogP contribution in [0.4, 0.5) is 0 Å². The van der Waals surface area contributed by atoms with Gasteiger partial charge in [-0.05, 0) is 70.6 Å². The van der Waals surface area contributed by atoms with Crippen LogP contribution in [0.5, 0.6) is 0 Å². The monoisotopic (exact) mass is 837 g/mol. The zero-order valence-corrected chi connectivity index (χ0v) is 39.2. The zero-order chi connectivity index (χ0) is 43.7. The summed E-state index contributed by atoms with van der Waals surface area (Å²) in [6, 6.07) is 0. The summed E-state index contributed by atoms with van der Waals surface area (Å²) in [5, 5.41) is 0. The molecule has 0 aromatic heterocycles. The maximum Gasteiger partial charge on any atom is 0.310 e. The number of ether oxygens (including phenoxy) is 3. The van der Waals surface area contributed by atoms with Gasteiger partial charge in [0.15, 0.2) is 6.10 Å². The highest BCUT2D eigenvalue weighted by Crippen LogP contribution is 2.14. The predicted molar refractivity (Wildman–Crippen MR) is 256 cm³/mol. The first-order valence-corrected chi connectivity index (χ1v) is 24.9. The maximum atomic E-state index is 12.7. The Balaban J connectivity index is 4.50. The van der Waals surface area contributed by atoms with Crippen molar-refractivity contribution in [3.63, 3.8) is 0 Å². The third kappa shape index (κ3) is 45.9. The van der Waals surface area contributed by atoms with E-state index in [2.05, 4.69) is 81.5 Å². The number of carbonyl (C=O) groups is 3. The number of unbranched alkanes of at least 4 members (excludes halogenated alkanes) is 22. The Hall–Kier alpha value is -3.15. The number of esters is 3. The molecular weight excluding hydrogens is 745 g/mol. The lowest BCUT2D eigenvalue weighted by Gasteiger charge is -2.18. The summed E-state index contributed by atoms with van der Waals surface area (Å²) in [5.74, 6) is -1.05. The summed E-state index contributed by atoms with van der Waals surface area (Å²) in [6.07, 6.45) is 60.5. The van der Waals surface area contributed by atoms with Crippen LogP contribution in [0.25, 0.3) is 0 Å². The van der Waals surface area contributed by atoms with Gasteiger partial charge in [0, 0.05) is 12.8 Å². The average molecular weight is 837 g/mol. The lowest BCUT2D eigenvalue weighted by molar-refractivity contribution is -0.166. The van der Waals surface area contributed by atoms with Crippen molar-refractivity contribution in [3.05, 3.63) is 72.9 Å². The molecule has 0 aromatic carbocycles. The Morgan fingerprint density at radius 1 is 0.367 bits per heavy atom. The lowest BCUT2D eigenvalue weighted by Crippen LogP contribution is -2.30. The molecule has 0 N–H and O–H groups in total. The number of rotatable bonds is 44. The Morgan fingerprint density at radius 2 is 0.700 bits per heavy atom. The lowest BCUT2D eigenvalue weighted by atomic mass is 10.1. The van der Waals surface area contributed by atoms with E-state index in [0.717, 1.165) is 83.5 Å². The van der Waals surface area contributed by atoms with E-state index in [9.17, 15) is 14.4 Å². The normalized spacial score (nSPS) is 12.7. The second kappa shape index (κ2) is 48.5. The van der Waals surface area contributed by atoms with Crippen LogP contribution in [0.2, 0.25) is 0 Å². The van der Waals surface area contributed by atoms with Gasteiger partial charge >= 0.3 is 17.9 Å². The highest BCUT2D eigenvalue weighted by Gasteiger charge is 2.19. The van der Waals surface area contributed by atoms with Crippen molar-refractivity contribution < 1.29 is 28.6 Å². The first-order chi connectivity index (χ1) is 29.5. The molecule has 6 nitrogen and oxygen atoms in total. The van der Waals surface area contributed by atoms with Gasteiger partial charge in [-0.1, -0.05) is 216 Å². The first kappa shape index (κ1) is 56.9. The molecule has 0 radical (unpaired) electrons. The Bertz CT molecular complexity index is 1140. The minimum Gasteiger partial charge on any atom is -0.462 e. The van der Waals surface area contributed by atoms with Crippen LogP contribution >= 0.6 is 0 Å². The van der Waals surface area contributed by atoms with Gasteiger partial charge in [0.1, 0.15) is 13.2 Å².